The fraction of sp³-hybridized carbons (Fsp3) is 0.176. The van der Waals surface area contributed by atoms with Crippen LogP contribution in [0.5, 0.6) is 0 Å². The Hall–Kier alpha value is -2.60. The molecule has 20 heavy (non-hydrogen) atoms. The molecule has 2 aromatic carbocycles. The maximum absolute atomic E-state index is 8.69. The van der Waals surface area contributed by atoms with Crippen LogP contribution in [0, 0.1) is 11.3 Å². The van der Waals surface area contributed by atoms with E-state index in [2.05, 4.69) is 36.5 Å². The maximum Gasteiger partial charge on any atom is 0.142 e. The molecule has 0 atom stereocenters. The van der Waals surface area contributed by atoms with Gasteiger partial charge >= 0.3 is 0 Å². The Bertz CT molecular complexity index is 624. The molecule has 0 fully saturated rings. The third-order valence-electron chi connectivity index (χ3n) is 2.88. The van der Waals surface area contributed by atoms with E-state index < -0.39 is 0 Å². The molecule has 2 rings (SSSR count). The summed E-state index contributed by atoms with van der Waals surface area (Å²) in [7, 11) is 0. The Balaban J connectivity index is 1.88. The van der Waals surface area contributed by atoms with Gasteiger partial charge in [0, 0.05) is 5.56 Å². The minimum absolute atomic E-state index is 0.428. The lowest BCUT2D eigenvalue weighted by Gasteiger charge is -2.02. The van der Waals surface area contributed by atoms with Gasteiger partial charge in [0.25, 0.3) is 0 Å². The summed E-state index contributed by atoms with van der Waals surface area (Å²) in [4.78, 5) is 5.23. The fourth-order valence-corrected chi connectivity index (χ4v) is 1.75. The minimum atomic E-state index is 0.428. The Morgan fingerprint density at radius 2 is 1.75 bits per heavy atom. The molecule has 0 N–H and O–H groups in total. The topological polar surface area (TPSA) is 45.4 Å². The molecular weight excluding hydrogens is 248 g/mol. The molecule has 0 unspecified atom stereocenters. The van der Waals surface area contributed by atoms with Gasteiger partial charge in [0.05, 0.1) is 11.6 Å². The summed E-state index contributed by atoms with van der Waals surface area (Å²) in [6.45, 7) is 2.55. The minimum Gasteiger partial charge on any atom is -0.390 e. The molecule has 99 valence electrons. The molecule has 0 aromatic heterocycles. The summed E-state index contributed by atoms with van der Waals surface area (Å²) in [5, 5.41) is 12.5. The second-order valence-corrected chi connectivity index (χ2v) is 4.34. The third kappa shape index (κ3) is 3.96. The number of aryl methyl sites for hydroxylation is 1. The lowest BCUT2D eigenvalue weighted by atomic mass is 10.1. The standard InChI is InChI=1S/C17H15N2O/c1-2-14-4-3-5-17(10-14)13-20-19-12-16-8-6-15(11-18)7-9-16/h3-10H,2,13H2,1H3. The Morgan fingerprint density at radius 1 is 1.05 bits per heavy atom. The van der Waals surface area contributed by atoms with E-state index in [1.54, 1.807) is 24.3 Å². The van der Waals surface area contributed by atoms with Gasteiger partial charge < -0.3 is 4.84 Å². The van der Waals surface area contributed by atoms with Crippen molar-refractivity contribution >= 4 is 6.21 Å². The van der Waals surface area contributed by atoms with Crippen LogP contribution in [0.4, 0.5) is 0 Å². The van der Waals surface area contributed by atoms with Gasteiger partial charge in [-0.25, -0.2) is 0 Å². The molecule has 3 nitrogen and oxygen atoms in total. The number of benzene rings is 2. The lowest BCUT2D eigenvalue weighted by molar-refractivity contribution is 0.132. The maximum atomic E-state index is 8.69. The summed E-state index contributed by atoms with van der Waals surface area (Å²) in [6.07, 6.45) is 3.80. The van der Waals surface area contributed by atoms with Gasteiger partial charge in [-0.05, 0) is 29.7 Å². The van der Waals surface area contributed by atoms with Gasteiger partial charge in [0.15, 0.2) is 0 Å². The highest BCUT2D eigenvalue weighted by Crippen LogP contribution is 2.07. The quantitative estimate of drug-likeness (QED) is 0.611. The molecule has 0 amide bonds. The van der Waals surface area contributed by atoms with Crippen LogP contribution in [0.3, 0.4) is 0 Å². The highest BCUT2D eigenvalue weighted by molar-refractivity contribution is 5.79. The van der Waals surface area contributed by atoms with Crippen molar-refractivity contribution in [2.75, 3.05) is 0 Å². The Kier molecular flexibility index (Phi) is 4.91. The van der Waals surface area contributed by atoms with Crippen LogP contribution in [0.15, 0.2) is 53.7 Å². The number of hydrogen-bond acceptors (Lipinski definition) is 3. The van der Waals surface area contributed by atoms with Crippen molar-refractivity contribution in [1.82, 2.24) is 0 Å². The second-order valence-electron chi connectivity index (χ2n) is 4.34. The smallest absolute Gasteiger partial charge is 0.142 e. The van der Waals surface area contributed by atoms with Crippen molar-refractivity contribution in [2.45, 2.75) is 20.0 Å². The zero-order valence-electron chi connectivity index (χ0n) is 11.3. The Labute approximate surface area is 119 Å². The molecule has 0 saturated carbocycles. The first-order chi connectivity index (χ1) is 9.81. The molecule has 0 bridgehead atoms. The van der Waals surface area contributed by atoms with Crippen molar-refractivity contribution < 1.29 is 4.84 Å². The molecule has 0 aliphatic heterocycles. The molecule has 2 aromatic rings. The van der Waals surface area contributed by atoms with Gasteiger partial charge in [-0.3, -0.25) is 0 Å². The SMILES string of the molecule is CCc1cccc(CO/N=[C]\c2ccc(C#N)cc2)c1. The average molecular weight is 263 g/mol. The summed E-state index contributed by atoms with van der Waals surface area (Å²) < 4.78 is 0. The number of rotatable bonds is 5. The second kappa shape index (κ2) is 7.10. The van der Waals surface area contributed by atoms with E-state index in [1.807, 2.05) is 12.1 Å². The monoisotopic (exact) mass is 263 g/mol. The van der Waals surface area contributed by atoms with Gasteiger partial charge in [-0.1, -0.05) is 48.5 Å². The van der Waals surface area contributed by atoms with E-state index in [-0.39, 0.29) is 0 Å². The predicted octanol–water partition coefficient (Wildman–Crippen LogP) is 3.55. The zero-order chi connectivity index (χ0) is 14.2. The summed E-state index contributed by atoms with van der Waals surface area (Å²) >= 11 is 0. The van der Waals surface area contributed by atoms with Gasteiger partial charge in [0.2, 0.25) is 0 Å². The largest absolute Gasteiger partial charge is 0.390 e. The fourth-order valence-electron chi connectivity index (χ4n) is 1.75. The number of hydrogen-bond donors (Lipinski definition) is 0. The van der Waals surface area contributed by atoms with Gasteiger partial charge in [-0.15, -0.1) is 0 Å². The molecule has 0 heterocycles. The van der Waals surface area contributed by atoms with Crippen LogP contribution in [0.25, 0.3) is 0 Å². The predicted molar refractivity (Wildman–Crippen MR) is 78.3 cm³/mol. The van der Waals surface area contributed by atoms with E-state index in [1.165, 1.54) is 5.56 Å². The van der Waals surface area contributed by atoms with E-state index in [4.69, 9.17) is 10.1 Å². The van der Waals surface area contributed by atoms with Crippen LogP contribution in [-0.4, -0.2) is 6.21 Å². The zero-order valence-corrected chi connectivity index (χ0v) is 11.3. The molecule has 0 spiro atoms. The highest BCUT2D eigenvalue weighted by Gasteiger charge is 1.95. The first-order valence-electron chi connectivity index (χ1n) is 6.48. The molecule has 0 aliphatic rings. The van der Waals surface area contributed by atoms with Crippen LogP contribution in [0.1, 0.15) is 29.2 Å². The first kappa shape index (κ1) is 13.8. The van der Waals surface area contributed by atoms with E-state index in [9.17, 15) is 0 Å². The lowest BCUT2D eigenvalue weighted by Crippen LogP contribution is -1.90. The van der Waals surface area contributed by atoms with Crippen molar-refractivity contribution in [3.8, 4) is 6.07 Å². The van der Waals surface area contributed by atoms with E-state index >= 15 is 0 Å². The molecule has 0 saturated heterocycles. The third-order valence-corrected chi connectivity index (χ3v) is 2.88. The number of nitriles is 1. The van der Waals surface area contributed by atoms with Crippen LogP contribution >= 0.6 is 0 Å². The van der Waals surface area contributed by atoms with Crippen molar-refractivity contribution in [2.24, 2.45) is 5.16 Å². The van der Waals surface area contributed by atoms with E-state index in [0.717, 1.165) is 17.5 Å². The molecule has 0 aliphatic carbocycles. The molecule has 1 radical (unpaired) electrons. The van der Waals surface area contributed by atoms with Gasteiger partial charge in [0.1, 0.15) is 12.8 Å². The average Bonchev–Trinajstić information content (AvgIpc) is 2.52. The molecule has 3 heteroatoms. The van der Waals surface area contributed by atoms with Crippen LogP contribution in [0.2, 0.25) is 0 Å². The van der Waals surface area contributed by atoms with Crippen molar-refractivity contribution in [1.29, 1.82) is 5.26 Å². The summed E-state index contributed by atoms with van der Waals surface area (Å²) in [5.41, 5.74) is 3.78. The van der Waals surface area contributed by atoms with Gasteiger partial charge in [-0.2, -0.15) is 5.26 Å². The Morgan fingerprint density at radius 3 is 2.45 bits per heavy atom. The van der Waals surface area contributed by atoms with Crippen molar-refractivity contribution in [3.05, 3.63) is 70.8 Å². The highest BCUT2D eigenvalue weighted by atomic mass is 16.6. The normalized spacial score (nSPS) is 10.4. The summed E-state index contributed by atoms with van der Waals surface area (Å²) in [5.74, 6) is 0. The van der Waals surface area contributed by atoms with Crippen LogP contribution in [-0.2, 0) is 17.9 Å². The summed E-state index contributed by atoms with van der Waals surface area (Å²) in [6, 6.07) is 17.3. The van der Waals surface area contributed by atoms with Crippen molar-refractivity contribution in [3.63, 3.8) is 0 Å². The number of nitrogens with zero attached hydrogens (tertiary/aromatic N) is 2. The molecular formula is C17H15N2O. The first-order valence-corrected chi connectivity index (χ1v) is 6.48. The van der Waals surface area contributed by atoms with Crippen LogP contribution < -0.4 is 0 Å². The van der Waals surface area contributed by atoms with E-state index in [0.29, 0.717) is 12.2 Å².